The lowest BCUT2D eigenvalue weighted by atomic mass is 9.91. The fraction of sp³-hybridized carbons (Fsp3) is 0.905. The molecule has 1 saturated carbocycles. The number of allylic oxidation sites excluding steroid dienone is 2. The minimum atomic E-state index is -2.82. The molecule has 146 valence electrons. The molecule has 0 aliphatic heterocycles. The van der Waals surface area contributed by atoms with Crippen molar-refractivity contribution >= 4 is 8.80 Å². The van der Waals surface area contributed by atoms with Crippen LogP contribution in [0.3, 0.4) is 0 Å². The Morgan fingerprint density at radius 3 is 1.56 bits per heavy atom. The van der Waals surface area contributed by atoms with Gasteiger partial charge in [-0.05, 0) is 99.3 Å². The van der Waals surface area contributed by atoms with Crippen LogP contribution in [0.4, 0.5) is 0 Å². The summed E-state index contributed by atoms with van der Waals surface area (Å²) in [4.78, 5) is 0. The smallest absolute Gasteiger partial charge is 0.368 e. The number of rotatable bonds is 6. The summed E-state index contributed by atoms with van der Waals surface area (Å²) in [6.45, 7) is 18.9. The summed E-state index contributed by atoms with van der Waals surface area (Å²) in [6.07, 6.45) is 8.66. The first-order valence-corrected chi connectivity index (χ1v) is 11.9. The predicted octanol–water partition coefficient (Wildman–Crippen LogP) is 5.97. The standard InChI is InChI=1S/C21H40O3Si/c1-19(2,3)22-25(23-20(4,5)6,24-21(7,8)9)13-12-18-15-16-10-11-17(18)14-16/h10-11,16-18H,12-15H2,1-9H3. The molecular formula is C21H40O3Si. The van der Waals surface area contributed by atoms with Gasteiger partial charge in [-0.15, -0.1) is 0 Å². The molecule has 3 atom stereocenters. The van der Waals surface area contributed by atoms with E-state index in [1.807, 2.05) is 0 Å². The van der Waals surface area contributed by atoms with Gasteiger partial charge in [0.05, 0.1) is 16.8 Å². The van der Waals surface area contributed by atoms with E-state index in [2.05, 4.69) is 74.5 Å². The van der Waals surface area contributed by atoms with Crippen molar-refractivity contribution in [3.05, 3.63) is 12.2 Å². The molecule has 4 heteroatoms. The zero-order valence-corrected chi connectivity index (χ0v) is 18.9. The first-order chi connectivity index (χ1) is 11.2. The number of hydrogen-bond acceptors (Lipinski definition) is 3. The zero-order chi connectivity index (χ0) is 19.1. The van der Waals surface area contributed by atoms with Gasteiger partial charge in [0, 0.05) is 6.04 Å². The summed E-state index contributed by atoms with van der Waals surface area (Å²) in [7, 11) is -2.82. The highest BCUT2D eigenvalue weighted by Crippen LogP contribution is 2.46. The van der Waals surface area contributed by atoms with Crippen molar-refractivity contribution in [3.8, 4) is 0 Å². The lowest BCUT2D eigenvalue weighted by Crippen LogP contribution is -2.57. The van der Waals surface area contributed by atoms with Crippen LogP contribution >= 0.6 is 0 Å². The van der Waals surface area contributed by atoms with E-state index in [0.29, 0.717) is 0 Å². The molecule has 2 rings (SSSR count). The lowest BCUT2D eigenvalue weighted by Gasteiger charge is -2.43. The molecule has 0 radical (unpaired) electrons. The van der Waals surface area contributed by atoms with Crippen molar-refractivity contribution in [3.63, 3.8) is 0 Å². The van der Waals surface area contributed by atoms with Crippen molar-refractivity contribution in [2.75, 3.05) is 0 Å². The largest absolute Gasteiger partial charge is 0.502 e. The van der Waals surface area contributed by atoms with Crippen molar-refractivity contribution in [2.45, 2.75) is 104 Å². The van der Waals surface area contributed by atoms with Gasteiger partial charge in [0.15, 0.2) is 0 Å². The fourth-order valence-electron chi connectivity index (χ4n) is 4.20. The molecule has 25 heavy (non-hydrogen) atoms. The molecule has 0 aromatic rings. The molecule has 0 spiro atoms. The molecule has 3 nitrogen and oxygen atoms in total. The molecular weight excluding hydrogens is 328 g/mol. The minimum absolute atomic E-state index is 0.280. The maximum absolute atomic E-state index is 6.59. The molecule has 0 amide bonds. The maximum Gasteiger partial charge on any atom is 0.502 e. The van der Waals surface area contributed by atoms with Crippen LogP contribution in [-0.4, -0.2) is 25.6 Å². The van der Waals surface area contributed by atoms with E-state index in [1.54, 1.807) is 0 Å². The molecule has 0 heterocycles. The van der Waals surface area contributed by atoms with Gasteiger partial charge in [-0.1, -0.05) is 12.2 Å². The van der Waals surface area contributed by atoms with Crippen LogP contribution in [0.1, 0.15) is 81.6 Å². The van der Waals surface area contributed by atoms with Crippen LogP contribution in [0.2, 0.25) is 6.04 Å². The Balaban J connectivity index is 2.19. The second kappa shape index (κ2) is 7.10. The van der Waals surface area contributed by atoms with Gasteiger partial charge in [-0.25, -0.2) is 0 Å². The van der Waals surface area contributed by atoms with E-state index in [0.717, 1.165) is 30.2 Å². The monoisotopic (exact) mass is 368 g/mol. The second-order valence-corrected chi connectivity index (χ2v) is 13.4. The highest BCUT2D eigenvalue weighted by atomic mass is 28.4. The predicted molar refractivity (Wildman–Crippen MR) is 107 cm³/mol. The van der Waals surface area contributed by atoms with Crippen LogP contribution in [0.25, 0.3) is 0 Å². The van der Waals surface area contributed by atoms with E-state index >= 15 is 0 Å². The van der Waals surface area contributed by atoms with Gasteiger partial charge in [-0.2, -0.15) is 0 Å². The summed E-state index contributed by atoms with van der Waals surface area (Å²) in [5, 5.41) is 0. The van der Waals surface area contributed by atoms with Crippen molar-refractivity contribution in [2.24, 2.45) is 17.8 Å². The van der Waals surface area contributed by atoms with Gasteiger partial charge in [0.25, 0.3) is 0 Å². The van der Waals surface area contributed by atoms with E-state index in [-0.39, 0.29) is 16.8 Å². The molecule has 2 aliphatic rings. The van der Waals surface area contributed by atoms with Gasteiger partial charge in [-0.3, -0.25) is 0 Å². The Bertz CT molecular complexity index is 438. The third-order valence-corrected chi connectivity index (χ3v) is 8.29. The summed E-state index contributed by atoms with van der Waals surface area (Å²) in [6, 6.07) is 0.903. The van der Waals surface area contributed by atoms with E-state index < -0.39 is 8.80 Å². The lowest BCUT2D eigenvalue weighted by molar-refractivity contribution is -0.0760. The topological polar surface area (TPSA) is 27.7 Å². The average Bonchev–Trinajstić information content (AvgIpc) is 2.91. The fourth-order valence-corrected chi connectivity index (χ4v) is 8.16. The minimum Gasteiger partial charge on any atom is -0.368 e. The third-order valence-electron chi connectivity index (χ3n) is 4.62. The van der Waals surface area contributed by atoms with Crippen LogP contribution < -0.4 is 0 Å². The van der Waals surface area contributed by atoms with Crippen LogP contribution in [0, 0.1) is 17.8 Å². The van der Waals surface area contributed by atoms with Crippen molar-refractivity contribution in [1.82, 2.24) is 0 Å². The number of hydrogen-bond donors (Lipinski definition) is 0. The quantitative estimate of drug-likeness (QED) is 0.427. The third kappa shape index (κ3) is 6.82. The highest BCUT2D eigenvalue weighted by molar-refractivity contribution is 6.61. The van der Waals surface area contributed by atoms with Gasteiger partial charge in [0.2, 0.25) is 0 Å². The van der Waals surface area contributed by atoms with E-state index in [1.165, 1.54) is 12.8 Å². The summed E-state index contributed by atoms with van der Waals surface area (Å²) in [5.74, 6) is 2.33. The van der Waals surface area contributed by atoms with Crippen molar-refractivity contribution in [1.29, 1.82) is 0 Å². The Labute approximate surface area is 156 Å². The van der Waals surface area contributed by atoms with Gasteiger partial charge < -0.3 is 13.3 Å². The Hall–Kier alpha value is -0.163. The molecule has 3 unspecified atom stereocenters. The Kier molecular flexibility index (Phi) is 6.01. The van der Waals surface area contributed by atoms with Gasteiger partial charge in [0.1, 0.15) is 0 Å². The zero-order valence-electron chi connectivity index (χ0n) is 17.9. The Morgan fingerprint density at radius 1 is 0.760 bits per heavy atom. The average molecular weight is 369 g/mol. The summed E-state index contributed by atoms with van der Waals surface area (Å²) >= 11 is 0. The SMILES string of the molecule is CC(C)(C)O[Si](CCC1CC2C=CC1C2)(OC(C)(C)C)OC(C)(C)C. The van der Waals surface area contributed by atoms with Crippen molar-refractivity contribution < 1.29 is 13.3 Å². The highest BCUT2D eigenvalue weighted by Gasteiger charge is 2.51. The van der Waals surface area contributed by atoms with Gasteiger partial charge >= 0.3 is 8.80 Å². The first kappa shape index (κ1) is 21.1. The molecule has 2 aliphatic carbocycles. The first-order valence-electron chi connectivity index (χ1n) is 9.95. The van der Waals surface area contributed by atoms with E-state index in [4.69, 9.17) is 13.3 Å². The molecule has 0 aromatic heterocycles. The maximum atomic E-state index is 6.59. The molecule has 0 N–H and O–H groups in total. The Morgan fingerprint density at radius 2 is 1.24 bits per heavy atom. The molecule has 0 saturated heterocycles. The molecule has 0 aromatic carbocycles. The molecule has 1 fully saturated rings. The second-order valence-electron chi connectivity index (χ2n) is 10.9. The van der Waals surface area contributed by atoms with Crippen LogP contribution in [0.5, 0.6) is 0 Å². The van der Waals surface area contributed by atoms with Crippen LogP contribution in [-0.2, 0) is 13.3 Å². The van der Waals surface area contributed by atoms with E-state index in [9.17, 15) is 0 Å². The normalized spacial score (nSPS) is 27.3. The number of fused-ring (bicyclic) bond motifs is 2. The molecule has 2 bridgehead atoms. The summed E-state index contributed by atoms with van der Waals surface area (Å²) in [5.41, 5.74) is -0.841. The summed E-state index contributed by atoms with van der Waals surface area (Å²) < 4.78 is 19.8. The van der Waals surface area contributed by atoms with Crippen LogP contribution in [0.15, 0.2) is 12.2 Å².